The third-order valence-corrected chi connectivity index (χ3v) is 8.25. The van der Waals surface area contributed by atoms with Gasteiger partial charge in [0, 0.05) is 29.6 Å². The molecule has 0 aliphatic carbocycles. The van der Waals surface area contributed by atoms with Gasteiger partial charge >= 0.3 is 0 Å². The van der Waals surface area contributed by atoms with Crippen molar-refractivity contribution < 1.29 is 13.2 Å². The third kappa shape index (κ3) is 6.06. The molecule has 160 valence electrons. The monoisotopic (exact) mass is 489 g/mol. The Morgan fingerprint density at radius 2 is 1.77 bits per heavy atom. The Bertz CT molecular complexity index is 1250. The Labute approximate surface area is 193 Å². The standard InChI is InChI=1S/C21H19N3O3S4/c22-11-1-12-24(13-10-15-2-8-18(9-3-15)31(23,26)27)20(25)17-6-4-16(5-7-17)19-14-29-30-21(19)28/h2-9,14H,1,10,12-13H2,(H2,23,26,27). The fraction of sp³-hybridized carbons (Fsp3) is 0.190. The third-order valence-electron chi connectivity index (χ3n) is 4.66. The van der Waals surface area contributed by atoms with Crippen LogP contribution in [-0.2, 0) is 16.4 Å². The van der Waals surface area contributed by atoms with E-state index in [0.717, 1.165) is 20.5 Å². The molecule has 1 aromatic heterocycles. The van der Waals surface area contributed by atoms with Gasteiger partial charge < -0.3 is 4.90 Å². The first-order chi connectivity index (χ1) is 14.8. The van der Waals surface area contributed by atoms with E-state index >= 15 is 0 Å². The van der Waals surface area contributed by atoms with E-state index in [2.05, 4.69) is 6.07 Å². The van der Waals surface area contributed by atoms with Crippen molar-refractivity contribution in [2.45, 2.75) is 17.7 Å². The minimum absolute atomic E-state index is 0.0439. The molecule has 2 N–H and O–H groups in total. The van der Waals surface area contributed by atoms with Crippen LogP contribution in [0.5, 0.6) is 0 Å². The maximum absolute atomic E-state index is 13.0. The molecule has 0 fully saturated rings. The summed E-state index contributed by atoms with van der Waals surface area (Å²) in [6.07, 6.45) is 0.750. The van der Waals surface area contributed by atoms with Gasteiger partial charge in [-0.2, -0.15) is 5.26 Å². The molecule has 0 spiro atoms. The quantitative estimate of drug-likeness (QED) is 0.372. The molecule has 0 saturated carbocycles. The van der Waals surface area contributed by atoms with Crippen LogP contribution >= 0.6 is 32.9 Å². The Balaban J connectivity index is 1.72. The number of sulfonamides is 1. The van der Waals surface area contributed by atoms with Crippen LogP contribution in [0.4, 0.5) is 0 Å². The predicted molar refractivity (Wildman–Crippen MR) is 126 cm³/mol. The van der Waals surface area contributed by atoms with Gasteiger partial charge in [-0.3, -0.25) is 4.79 Å². The van der Waals surface area contributed by atoms with Gasteiger partial charge in [0.1, 0.15) is 3.82 Å². The molecule has 6 nitrogen and oxygen atoms in total. The zero-order valence-corrected chi connectivity index (χ0v) is 19.6. The highest BCUT2D eigenvalue weighted by molar-refractivity contribution is 7.89. The molecule has 0 atom stereocenters. The summed E-state index contributed by atoms with van der Waals surface area (Å²) in [4.78, 5) is 14.7. The maximum atomic E-state index is 13.0. The molecule has 0 saturated heterocycles. The van der Waals surface area contributed by atoms with Crippen molar-refractivity contribution in [1.29, 1.82) is 5.26 Å². The van der Waals surface area contributed by atoms with Crippen LogP contribution in [0.15, 0.2) is 58.8 Å². The van der Waals surface area contributed by atoms with E-state index in [4.69, 9.17) is 22.6 Å². The average Bonchev–Trinajstić information content (AvgIpc) is 3.19. The number of rotatable bonds is 8. The van der Waals surface area contributed by atoms with Crippen molar-refractivity contribution >= 4 is 48.8 Å². The second kappa shape index (κ2) is 10.3. The molecule has 10 heteroatoms. The predicted octanol–water partition coefficient (Wildman–Crippen LogP) is 4.45. The minimum atomic E-state index is -3.74. The summed E-state index contributed by atoms with van der Waals surface area (Å²) in [5.74, 6) is -0.158. The summed E-state index contributed by atoms with van der Waals surface area (Å²) in [5.41, 5.74) is 3.37. The van der Waals surface area contributed by atoms with E-state index in [9.17, 15) is 13.2 Å². The average molecular weight is 490 g/mol. The number of nitrogens with zero attached hydrogens (tertiary/aromatic N) is 2. The number of amides is 1. The molecule has 0 aliphatic heterocycles. The number of nitriles is 1. The van der Waals surface area contributed by atoms with Crippen LogP contribution < -0.4 is 5.14 Å². The summed E-state index contributed by atoms with van der Waals surface area (Å²) in [6, 6.07) is 15.6. The number of carbonyl (C=O) groups is 1. The highest BCUT2D eigenvalue weighted by Crippen LogP contribution is 2.28. The summed E-state index contributed by atoms with van der Waals surface area (Å²) >= 11 is 5.33. The highest BCUT2D eigenvalue weighted by atomic mass is 32.9. The van der Waals surface area contributed by atoms with Gasteiger partial charge in [-0.25, -0.2) is 13.6 Å². The molecule has 0 unspecified atom stereocenters. The fourth-order valence-electron chi connectivity index (χ4n) is 2.98. The summed E-state index contributed by atoms with van der Waals surface area (Å²) in [5, 5.41) is 16.1. The number of primary sulfonamides is 1. The molecular weight excluding hydrogens is 471 g/mol. The topological polar surface area (TPSA) is 104 Å². The largest absolute Gasteiger partial charge is 0.337 e. The minimum Gasteiger partial charge on any atom is -0.337 e. The highest BCUT2D eigenvalue weighted by Gasteiger charge is 2.16. The lowest BCUT2D eigenvalue weighted by Gasteiger charge is -2.22. The van der Waals surface area contributed by atoms with Crippen LogP contribution in [0.3, 0.4) is 0 Å². The lowest BCUT2D eigenvalue weighted by molar-refractivity contribution is 0.0761. The molecule has 3 aromatic rings. The van der Waals surface area contributed by atoms with E-state index in [1.807, 2.05) is 17.5 Å². The molecule has 0 aliphatic rings. The number of nitrogens with two attached hydrogens (primary N) is 1. The Morgan fingerprint density at radius 3 is 2.32 bits per heavy atom. The van der Waals surface area contributed by atoms with Crippen molar-refractivity contribution in [2.75, 3.05) is 13.1 Å². The van der Waals surface area contributed by atoms with Crippen molar-refractivity contribution in [3.05, 3.63) is 68.9 Å². The van der Waals surface area contributed by atoms with Gasteiger partial charge in [0.05, 0.1) is 17.4 Å². The number of hydrogen-bond acceptors (Lipinski definition) is 7. The zero-order valence-electron chi connectivity index (χ0n) is 16.4. The summed E-state index contributed by atoms with van der Waals surface area (Å²) < 4.78 is 23.6. The number of carbonyl (C=O) groups excluding carboxylic acids is 1. The van der Waals surface area contributed by atoms with Crippen LogP contribution in [0, 0.1) is 15.2 Å². The second-order valence-electron chi connectivity index (χ2n) is 6.72. The van der Waals surface area contributed by atoms with Gasteiger partial charge in [0.2, 0.25) is 10.0 Å². The smallest absolute Gasteiger partial charge is 0.253 e. The van der Waals surface area contributed by atoms with Crippen LogP contribution in [0.25, 0.3) is 11.1 Å². The number of hydrogen-bond donors (Lipinski definition) is 1. The molecule has 31 heavy (non-hydrogen) atoms. The zero-order chi connectivity index (χ0) is 22.4. The molecule has 3 rings (SSSR count). The van der Waals surface area contributed by atoms with E-state index in [1.54, 1.807) is 49.8 Å². The van der Waals surface area contributed by atoms with E-state index in [1.165, 1.54) is 12.1 Å². The lowest BCUT2D eigenvalue weighted by Crippen LogP contribution is -2.33. The Kier molecular flexibility index (Phi) is 7.69. The van der Waals surface area contributed by atoms with E-state index in [0.29, 0.717) is 25.1 Å². The maximum Gasteiger partial charge on any atom is 0.253 e. The fourth-order valence-corrected chi connectivity index (χ4v) is 5.89. The Hall–Kier alpha value is -2.42. The van der Waals surface area contributed by atoms with Gasteiger partial charge in [-0.15, -0.1) is 0 Å². The number of benzene rings is 2. The van der Waals surface area contributed by atoms with Crippen LogP contribution in [0.1, 0.15) is 22.3 Å². The molecule has 1 heterocycles. The van der Waals surface area contributed by atoms with Gasteiger partial charge in [0.15, 0.2) is 0 Å². The first-order valence-electron chi connectivity index (χ1n) is 9.26. The van der Waals surface area contributed by atoms with E-state index in [-0.39, 0.29) is 17.2 Å². The molecular formula is C21H19N3O3S4. The van der Waals surface area contributed by atoms with E-state index < -0.39 is 10.0 Å². The normalized spacial score (nSPS) is 11.1. The van der Waals surface area contributed by atoms with Crippen molar-refractivity contribution in [1.82, 2.24) is 4.90 Å². The first kappa shape index (κ1) is 23.2. The van der Waals surface area contributed by atoms with Crippen LogP contribution in [-0.4, -0.2) is 32.3 Å². The summed E-state index contributed by atoms with van der Waals surface area (Å²) in [7, 11) is -0.617. The van der Waals surface area contributed by atoms with Gasteiger partial charge in [0.25, 0.3) is 5.91 Å². The summed E-state index contributed by atoms with van der Waals surface area (Å²) in [6.45, 7) is 0.717. The van der Waals surface area contributed by atoms with Crippen molar-refractivity contribution in [2.24, 2.45) is 5.14 Å². The van der Waals surface area contributed by atoms with Crippen LogP contribution in [0.2, 0.25) is 0 Å². The Morgan fingerprint density at radius 1 is 1.10 bits per heavy atom. The lowest BCUT2D eigenvalue weighted by atomic mass is 10.1. The second-order valence-corrected chi connectivity index (χ2v) is 11.0. The van der Waals surface area contributed by atoms with Crippen molar-refractivity contribution in [3.8, 4) is 17.2 Å². The molecule has 1 amide bonds. The first-order valence-corrected chi connectivity index (χ1v) is 13.4. The molecule has 0 bridgehead atoms. The molecule has 2 aromatic carbocycles. The SMILES string of the molecule is N#CCCN(CCc1ccc(S(N)(=O)=O)cc1)C(=O)c1ccc(-c2cssc2=S)cc1. The van der Waals surface area contributed by atoms with Crippen molar-refractivity contribution in [3.63, 3.8) is 0 Å². The van der Waals surface area contributed by atoms with Gasteiger partial charge in [-0.05, 0) is 41.8 Å². The molecule has 0 radical (unpaired) electrons. The van der Waals surface area contributed by atoms with Gasteiger partial charge in [-0.1, -0.05) is 57.2 Å².